The molecule has 0 fully saturated rings. The molecule has 0 heterocycles. The van der Waals surface area contributed by atoms with Crippen molar-refractivity contribution in [1.82, 2.24) is 0 Å². The van der Waals surface area contributed by atoms with E-state index in [-0.39, 0.29) is 0 Å². The largest absolute Gasteiger partial charge is 0.500 e. The quantitative estimate of drug-likeness (QED) is 0.255. The van der Waals surface area contributed by atoms with Gasteiger partial charge < -0.3 is 13.3 Å². The molecule has 94 valence electrons. The summed E-state index contributed by atoms with van der Waals surface area (Å²) < 4.78 is 16.4. The maximum atomic E-state index is 9.82. The van der Waals surface area contributed by atoms with Crippen molar-refractivity contribution in [2.75, 3.05) is 27.4 Å². The van der Waals surface area contributed by atoms with Crippen molar-refractivity contribution in [3.63, 3.8) is 0 Å². The molecule has 0 spiro atoms. The van der Waals surface area contributed by atoms with Crippen LogP contribution in [0.4, 0.5) is 0 Å². The van der Waals surface area contributed by atoms with Gasteiger partial charge in [0.25, 0.3) is 0 Å². The lowest BCUT2D eigenvalue weighted by molar-refractivity contribution is 0.0965. The van der Waals surface area contributed by atoms with Crippen LogP contribution in [-0.4, -0.2) is 42.3 Å². The van der Waals surface area contributed by atoms with Gasteiger partial charge in [0.2, 0.25) is 6.08 Å². The molecule has 0 aliphatic carbocycles. The van der Waals surface area contributed by atoms with Gasteiger partial charge >= 0.3 is 8.80 Å². The first-order valence-electron chi connectivity index (χ1n) is 5.52. The van der Waals surface area contributed by atoms with Gasteiger partial charge in [-0.3, -0.25) is 0 Å². The fourth-order valence-electron chi connectivity index (χ4n) is 1.35. The van der Waals surface area contributed by atoms with Crippen LogP contribution in [0.25, 0.3) is 0 Å². The van der Waals surface area contributed by atoms with Gasteiger partial charge in [0.05, 0.1) is 6.54 Å². The van der Waals surface area contributed by atoms with Crippen LogP contribution in [-0.2, 0) is 18.1 Å². The molecular formula is C10H21NO4Si. The highest BCUT2D eigenvalue weighted by atomic mass is 28.4. The zero-order valence-electron chi connectivity index (χ0n) is 10.3. The van der Waals surface area contributed by atoms with E-state index in [1.807, 2.05) is 0 Å². The topological polar surface area (TPSA) is 57.1 Å². The highest BCUT2D eigenvalue weighted by Crippen LogP contribution is 2.16. The van der Waals surface area contributed by atoms with E-state index in [0.717, 1.165) is 25.3 Å². The van der Waals surface area contributed by atoms with Gasteiger partial charge in [0.15, 0.2) is 0 Å². The van der Waals surface area contributed by atoms with Crippen molar-refractivity contribution < 1.29 is 18.1 Å². The molecule has 6 heteroatoms. The van der Waals surface area contributed by atoms with Crippen LogP contribution in [0, 0.1) is 0 Å². The molecule has 0 aliphatic heterocycles. The third-order valence-electron chi connectivity index (χ3n) is 2.23. The first-order valence-corrected chi connectivity index (χ1v) is 7.45. The summed E-state index contributed by atoms with van der Waals surface area (Å²) in [7, 11) is 0.834. The third kappa shape index (κ3) is 6.15. The molecule has 0 bridgehead atoms. The summed E-state index contributed by atoms with van der Waals surface area (Å²) in [4.78, 5) is 13.3. The van der Waals surface area contributed by atoms with Gasteiger partial charge in [-0.2, -0.15) is 0 Å². The van der Waals surface area contributed by atoms with Gasteiger partial charge in [-0.25, -0.2) is 9.79 Å². The Labute approximate surface area is 98.2 Å². The maximum Gasteiger partial charge on any atom is 0.500 e. The maximum absolute atomic E-state index is 9.82. The number of carbonyl (C=O) groups excluding carboxylic acids is 1. The summed E-state index contributed by atoms with van der Waals surface area (Å²) in [6.45, 7) is 3.17. The summed E-state index contributed by atoms with van der Waals surface area (Å²) in [5.74, 6) is 0. The number of nitrogens with zero attached hydrogens (tertiary/aromatic N) is 1. The SMILES string of the molecule is CCC[Si](OC)(OC)OCCCCN=C=O. The molecule has 0 aromatic rings. The van der Waals surface area contributed by atoms with E-state index in [4.69, 9.17) is 13.3 Å². The first-order chi connectivity index (χ1) is 7.74. The molecule has 5 nitrogen and oxygen atoms in total. The molecule has 0 aromatic carbocycles. The molecule has 0 saturated heterocycles. The molecule has 0 atom stereocenters. The summed E-state index contributed by atoms with van der Waals surface area (Å²) in [6, 6.07) is 0.826. The average Bonchev–Trinajstić information content (AvgIpc) is 2.32. The Kier molecular flexibility index (Phi) is 9.37. The van der Waals surface area contributed by atoms with Crippen molar-refractivity contribution in [2.24, 2.45) is 4.99 Å². The predicted molar refractivity (Wildman–Crippen MR) is 63.0 cm³/mol. The van der Waals surface area contributed by atoms with Crippen LogP contribution >= 0.6 is 0 Å². The number of isocyanates is 1. The zero-order chi connectivity index (χ0) is 12.3. The molecule has 0 aromatic heterocycles. The Bertz CT molecular complexity index is 215. The van der Waals surface area contributed by atoms with Gasteiger partial charge in [0.1, 0.15) is 0 Å². The first kappa shape index (κ1) is 15.5. The summed E-state index contributed by atoms with van der Waals surface area (Å²) in [6.07, 6.45) is 4.15. The van der Waals surface area contributed by atoms with Crippen LogP contribution in [0.2, 0.25) is 6.04 Å². The Morgan fingerprint density at radius 2 is 1.94 bits per heavy atom. The summed E-state index contributed by atoms with van der Waals surface area (Å²) >= 11 is 0. The standard InChI is InChI=1S/C10H21NO4Si/c1-4-9-16(13-2,14-3)15-8-6-5-7-11-10-12/h4-9H2,1-3H3. The second kappa shape index (κ2) is 9.69. The minimum absolute atomic E-state index is 0.509. The second-order valence-electron chi connectivity index (χ2n) is 3.37. The van der Waals surface area contributed by atoms with Crippen molar-refractivity contribution in [3.05, 3.63) is 0 Å². The lowest BCUT2D eigenvalue weighted by Crippen LogP contribution is -2.43. The monoisotopic (exact) mass is 247 g/mol. The zero-order valence-corrected chi connectivity index (χ0v) is 11.3. The molecule has 0 unspecified atom stereocenters. The van der Waals surface area contributed by atoms with E-state index in [9.17, 15) is 4.79 Å². The summed E-state index contributed by atoms with van der Waals surface area (Å²) in [5, 5.41) is 0. The number of hydrogen-bond acceptors (Lipinski definition) is 5. The predicted octanol–water partition coefficient (Wildman–Crippen LogP) is 1.76. The molecule has 0 N–H and O–H groups in total. The fourth-order valence-corrected chi connectivity index (χ4v) is 3.37. The number of rotatable bonds is 10. The molecule has 16 heavy (non-hydrogen) atoms. The van der Waals surface area contributed by atoms with E-state index < -0.39 is 8.80 Å². The van der Waals surface area contributed by atoms with Gasteiger partial charge in [0, 0.05) is 26.9 Å². The summed E-state index contributed by atoms with van der Waals surface area (Å²) in [5.41, 5.74) is 0. The van der Waals surface area contributed by atoms with Crippen LogP contribution in [0.1, 0.15) is 26.2 Å². The second-order valence-corrected chi connectivity index (χ2v) is 6.34. The number of unbranched alkanes of at least 4 members (excludes halogenated alkanes) is 1. The van der Waals surface area contributed by atoms with Gasteiger partial charge in [-0.05, 0) is 12.8 Å². The number of hydrogen-bond donors (Lipinski definition) is 0. The Hall–Kier alpha value is -0.523. The van der Waals surface area contributed by atoms with Gasteiger partial charge in [-0.15, -0.1) is 0 Å². The van der Waals surface area contributed by atoms with E-state index >= 15 is 0 Å². The molecule has 0 aliphatic rings. The minimum Gasteiger partial charge on any atom is -0.377 e. The van der Waals surface area contributed by atoms with Crippen molar-refractivity contribution in [2.45, 2.75) is 32.2 Å². The van der Waals surface area contributed by atoms with Crippen molar-refractivity contribution in [3.8, 4) is 0 Å². The van der Waals surface area contributed by atoms with Crippen molar-refractivity contribution >= 4 is 14.9 Å². The highest BCUT2D eigenvalue weighted by molar-refractivity contribution is 6.60. The molecule has 0 radical (unpaired) electrons. The fraction of sp³-hybridized carbons (Fsp3) is 0.900. The van der Waals surface area contributed by atoms with E-state index in [0.29, 0.717) is 13.2 Å². The van der Waals surface area contributed by atoms with Crippen molar-refractivity contribution in [1.29, 1.82) is 0 Å². The highest BCUT2D eigenvalue weighted by Gasteiger charge is 2.37. The number of aliphatic imine (C=N–C) groups is 1. The van der Waals surface area contributed by atoms with Crippen LogP contribution in [0.3, 0.4) is 0 Å². The molecular weight excluding hydrogens is 226 g/mol. The van der Waals surface area contributed by atoms with Crippen LogP contribution < -0.4 is 0 Å². The lowest BCUT2D eigenvalue weighted by Gasteiger charge is -2.25. The van der Waals surface area contributed by atoms with Crippen LogP contribution in [0.5, 0.6) is 0 Å². The Morgan fingerprint density at radius 1 is 1.25 bits per heavy atom. The minimum atomic E-state index is -2.42. The van der Waals surface area contributed by atoms with Crippen LogP contribution in [0.15, 0.2) is 4.99 Å². The molecule has 0 rings (SSSR count). The Balaban J connectivity index is 3.79. The molecule has 0 saturated carbocycles. The molecule has 0 amide bonds. The smallest absolute Gasteiger partial charge is 0.377 e. The third-order valence-corrected chi connectivity index (χ3v) is 5.23. The van der Waals surface area contributed by atoms with E-state index in [1.54, 1.807) is 14.2 Å². The van der Waals surface area contributed by atoms with E-state index in [2.05, 4.69) is 11.9 Å². The van der Waals surface area contributed by atoms with Gasteiger partial charge in [-0.1, -0.05) is 13.3 Å². The lowest BCUT2D eigenvalue weighted by atomic mass is 10.3. The Morgan fingerprint density at radius 3 is 2.44 bits per heavy atom. The normalized spacial score (nSPS) is 11.2. The van der Waals surface area contributed by atoms with E-state index in [1.165, 1.54) is 6.08 Å². The average molecular weight is 247 g/mol.